The molecule has 1 aromatic heterocycles. The molecule has 180 valence electrons. The number of carbonyl (C=O) groups excluding carboxylic acids is 1. The van der Waals surface area contributed by atoms with Crippen LogP contribution in [0.2, 0.25) is 0 Å². The van der Waals surface area contributed by atoms with Crippen molar-refractivity contribution in [2.24, 2.45) is 17.8 Å². The second-order valence-corrected chi connectivity index (χ2v) is 8.67. The first-order valence-corrected chi connectivity index (χ1v) is 11.2. The highest BCUT2D eigenvalue weighted by atomic mass is 19.4. The second kappa shape index (κ2) is 9.62. The Bertz CT molecular complexity index is 952. The molecule has 2 unspecified atom stereocenters. The van der Waals surface area contributed by atoms with Crippen molar-refractivity contribution in [2.75, 3.05) is 26.2 Å². The number of carbonyl (C=O) groups is 1. The third kappa shape index (κ3) is 5.98. The molecule has 2 heterocycles. The van der Waals surface area contributed by atoms with Gasteiger partial charge in [0.05, 0.1) is 0 Å². The molecule has 1 saturated heterocycles. The Morgan fingerprint density at radius 2 is 2.00 bits per heavy atom. The largest absolute Gasteiger partial charge is 0.573 e. The lowest BCUT2D eigenvalue weighted by Crippen LogP contribution is -2.36. The first kappa shape index (κ1) is 23.4. The van der Waals surface area contributed by atoms with Crippen LogP contribution in [0.1, 0.15) is 31.6 Å². The summed E-state index contributed by atoms with van der Waals surface area (Å²) >= 11 is 0. The van der Waals surface area contributed by atoms with E-state index >= 15 is 0 Å². The van der Waals surface area contributed by atoms with Gasteiger partial charge in [-0.3, -0.25) is 0 Å². The van der Waals surface area contributed by atoms with E-state index in [2.05, 4.69) is 21.7 Å². The topological polar surface area (TPSA) is 68.0 Å². The zero-order chi connectivity index (χ0) is 23.6. The molecule has 2 atom stereocenters. The van der Waals surface area contributed by atoms with Gasteiger partial charge < -0.3 is 23.8 Å². The average molecular weight is 467 g/mol. The number of piperidine rings is 1. The summed E-state index contributed by atoms with van der Waals surface area (Å²) in [6.07, 6.45) is -3.84. The molecule has 0 bridgehead atoms. The van der Waals surface area contributed by atoms with E-state index in [9.17, 15) is 18.0 Å². The number of ether oxygens (including phenoxy) is 2. The van der Waals surface area contributed by atoms with E-state index in [1.807, 2.05) is 6.92 Å². The molecular formula is C23H28F3N3O4. The zero-order valence-corrected chi connectivity index (χ0v) is 18.7. The third-order valence-corrected chi connectivity index (χ3v) is 6.31. The monoisotopic (exact) mass is 467 g/mol. The van der Waals surface area contributed by atoms with Gasteiger partial charge in [0.1, 0.15) is 11.5 Å². The van der Waals surface area contributed by atoms with E-state index in [4.69, 9.17) is 9.26 Å². The van der Waals surface area contributed by atoms with Gasteiger partial charge in [-0.2, -0.15) is 0 Å². The standard InChI is InChI=1S/C23H28F3N3O4/c1-3-6-17-10-21(27-33-17)31-22(30)29(14-20-18-12-28(4-2)13-19(18)20)11-15-7-5-8-16(9-15)32-23(24,25)26/h5,7-10,18-20H,3-4,6,11-14H2,1-2H3. The number of halogens is 3. The van der Waals surface area contributed by atoms with Gasteiger partial charge in [-0.1, -0.05) is 26.0 Å². The molecule has 1 amide bonds. The van der Waals surface area contributed by atoms with Crippen LogP contribution in [0.5, 0.6) is 11.6 Å². The quantitative estimate of drug-likeness (QED) is 0.532. The van der Waals surface area contributed by atoms with Crippen molar-refractivity contribution in [3.8, 4) is 11.6 Å². The van der Waals surface area contributed by atoms with Gasteiger partial charge in [0, 0.05) is 38.7 Å². The number of rotatable bonds is 9. The molecule has 1 aromatic carbocycles. The highest BCUT2D eigenvalue weighted by Gasteiger charge is 2.55. The molecule has 4 rings (SSSR count). The number of fused-ring (bicyclic) bond motifs is 1. The first-order valence-electron chi connectivity index (χ1n) is 11.2. The Hall–Kier alpha value is -2.75. The summed E-state index contributed by atoms with van der Waals surface area (Å²) < 4.78 is 52.5. The maximum absolute atomic E-state index is 13.0. The van der Waals surface area contributed by atoms with Crippen LogP contribution in [0.15, 0.2) is 34.9 Å². The van der Waals surface area contributed by atoms with Gasteiger partial charge in [0.2, 0.25) is 0 Å². The smallest absolute Gasteiger partial charge is 0.406 e. The van der Waals surface area contributed by atoms with E-state index in [-0.39, 0.29) is 18.2 Å². The highest BCUT2D eigenvalue weighted by molar-refractivity contribution is 5.70. The summed E-state index contributed by atoms with van der Waals surface area (Å²) in [6.45, 7) is 7.71. The van der Waals surface area contributed by atoms with Crippen molar-refractivity contribution in [1.82, 2.24) is 15.0 Å². The van der Waals surface area contributed by atoms with Crippen LogP contribution >= 0.6 is 0 Å². The Balaban J connectivity index is 1.45. The maximum Gasteiger partial charge on any atom is 0.573 e. The van der Waals surface area contributed by atoms with Crippen molar-refractivity contribution in [3.63, 3.8) is 0 Å². The third-order valence-electron chi connectivity index (χ3n) is 6.31. The number of alkyl halides is 3. The molecule has 1 saturated carbocycles. The van der Waals surface area contributed by atoms with Crippen molar-refractivity contribution in [3.05, 3.63) is 41.7 Å². The van der Waals surface area contributed by atoms with Gasteiger partial charge in [0.25, 0.3) is 5.88 Å². The molecule has 10 heteroatoms. The Morgan fingerprint density at radius 3 is 2.67 bits per heavy atom. The van der Waals surface area contributed by atoms with Crippen LogP contribution in [-0.2, 0) is 13.0 Å². The van der Waals surface area contributed by atoms with Crippen LogP contribution in [0.3, 0.4) is 0 Å². The number of hydrogen-bond acceptors (Lipinski definition) is 6. The number of amides is 1. The number of aryl methyl sites for hydroxylation is 1. The molecule has 7 nitrogen and oxygen atoms in total. The van der Waals surface area contributed by atoms with Crippen molar-refractivity contribution in [2.45, 2.75) is 39.6 Å². The van der Waals surface area contributed by atoms with Gasteiger partial charge in [-0.15, -0.1) is 13.2 Å². The molecule has 2 fully saturated rings. The fourth-order valence-electron chi connectivity index (χ4n) is 4.65. The maximum atomic E-state index is 13.0. The minimum atomic E-state index is -4.78. The van der Waals surface area contributed by atoms with E-state index in [0.717, 1.165) is 26.1 Å². The number of hydrogen-bond donors (Lipinski definition) is 0. The summed E-state index contributed by atoms with van der Waals surface area (Å²) in [6, 6.07) is 7.23. The normalized spacial score (nSPS) is 22.2. The summed E-state index contributed by atoms with van der Waals surface area (Å²) in [5, 5.41) is 3.80. The second-order valence-electron chi connectivity index (χ2n) is 8.67. The molecule has 0 N–H and O–H groups in total. The van der Waals surface area contributed by atoms with E-state index in [0.29, 0.717) is 42.0 Å². The van der Waals surface area contributed by atoms with Gasteiger partial charge in [0.15, 0.2) is 0 Å². The predicted octanol–water partition coefficient (Wildman–Crippen LogP) is 4.72. The Labute approximate surface area is 190 Å². The molecule has 2 aromatic rings. The molecule has 1 aliphatic heterocycles. The fourth-order valence-corrected chi connectivity index (χ4v) is 4.65. The van der Waals surface area contributed by atoms with Crippen molar-refractivity contribution >= 4 is 6.09 Å². The van der Waals surface area contributed by atoms with Crippen LogP contribution in [0.4, 0.5) is 18.0 Å². The SMILES string of the molecule is CCCc1cc(OC(=O)N(Cc2cccc(OC(F)(F)F)c2)CC2C3CN(CC)CC32)no1. The molecule has 1 aliphatic carbocycles. The van der Waals surface area contributed by atoms with E-state index in [1.54, 1.807) is 12.1 Å². The van der Waals surface area contributed by atoms with Gasteiger partial charge in [-0.05, 0) is 53.6 Å². The summed E-state index contributed by atoms with van der Waals surface area (Å²) in [5.74, 6) is 1.79. The van der Waals surface area contributed by atoms with Gasteiger partial charge >= 0.3 is 12.5 Å². The summed E-state index contributed by atoms with van der Waals surface area (Å²) in [5.41, 5.74) is 0.515. The fraction of sp³-hybridized carbons (Fsp3) is 0.565. The molecule has 33 heavy (non-hydrogen) atoms. The molecule has 0 radical (unpaired) electrons. The molecular weight excluding hydrogens is 439 g/mol. The zero-order valence-electron chi connectivity index (χ0n) is 18.7. The molecule has 0 spiro atoms. The minimum Gasteiger partial charge on any atom is -0.406 e. The number of benzene rings is 1. The van der Waals surface area contributed by atoms with Gasteiger partial charge in [-0.25, -0.2) is 4.79 Å². The van der Waals surface area contributed by atoms with Crippen LogP contribution in [-0.4, -0.2) is 53.6 Å². The lowest BCUT2D eigenvalue weighted by molar-refractivity contribution is -0.274. The van der Waals surface area contributed by atoms with Crippen LogP contribution in [0, 0.1) is 17.8 Å². The Kier molecular flexibility index (Phi) is 6.83. The predicted molar refractivity (Wildman–Crippen MR) is 113 cm³/mol. The van der Waals surface area contributed by atoms with E-state index < -0.39 is 12.5 Å². The number of likely N-dealkylation sites (tertiary alicyclic amines) is 1. The van der Waals surface area contributed by atoms with Crippen molar-refractivity contribution in [1.29, 1.82) is 0 Å². The highest BCUT2D eigenvalue weighted by Crippen LogP contribution is 2.52. The summed E-state index contributed by atoms with van der Waals surface area (Å²) in [7, 11) is 0. The lowest BCUT2D eigenvalue weighted by Gasteiger charge is -2.24. The Morgan fingerprint density at radius 1 is 1.24 bits per heavy atom. The first-order chi connectivity index (χ1) is 15.8. The van der Waals surface area contributed by atoms with Crippen LogP contribution in [0.25, 0.3) is 0 Å². The van der Waals surface area contributed by atoms with Crippen LogP contribution < -0.4 is 9.47 Å². The molecule has 2 aliphatic rings. The minimum absolute atomic E-state index is 0.0794. The average Bonchev–Trinajstić information content (AvgIpc) is 3.09. The lowest BCUT2D eigenvalue weighted by atomic mass is 10.2. The summed E-state index contributed by atoms with van der Waals surface area (Å²) in [4.78, 5) is 16.9. The van der Waals surface area contributed by atoms with Crippen molar-refractivity contribution < 1.29 is 32.0 Å². The number of aromatic nitrogens is 1. The number of nitrogens with zero attached hydrogens (tertiary/aromatic N) is 3. The van der Waals surface area contributed by atoms with E-state index in [1.165, 1.54) is 23.1 Å².